The van der Waals surface area contributed by atoms with Gasteiger partial charge < -0.3 is 34.3 Å². The minimum atomic E-state index is -1.07. The number of aliphatic hydroxyl groups excluding tert-OH is 3. The van der Waals surface area contributed by atoms with Crippen molar-refractivity contribution in [2.24, 2.45) is 0 Å². The average molecular weight is 428 g/mol. The summed E-state index contributed by atoms with van der Waals surface area (Å²) >= 11 is 0. The molecule has 0 aliphatic heterocycles. The zero-order valence-electron chi connectivity index (χ0n) is 16.7. The van der Waals surface area contributed by atoms with Crippen molar-refractivity contribution in [3.05, 3.63) is 34.4 Å². The van der Waals surface area contributed by atoms with Crippen molar-refractivity contribution in [1.82, 2.24) is 0 Å². The first-order valence-electron chi connectivity index (χ1n) is 8.87. The summed E-state index contributed by atoms with van der Waals surface area (Å²) in [7, 11) is 1.04. The third-order valence-electron chi connectivity index (χ3n) is 3.46. The van der Waals surface area contributed by atoms with Gasteiger partial charge in [-0.05, 0) is 26.0 Å². The SMILES string of the molecule is COC(=O)c1cc(C(=O)OCC(C)O)c(C(=O)OCCO)cc1C(=O)OCC(C)O. The maximum Gasteiger partial charge on any atom is 0.339 e. The van der Waals surface area contributed by atoms with Gasteiger partial charge in [-0.2, -0.15) is 0 Å². The molecule has 0 aromatic heterocycles. The highest BCUT2D eigenvalue weighted by Crippen LogP contribution is 2.22. The van der Waals surface area contributed by atoms with Crippen LogP contribution in [0.2, 0.25) is 0 Å². The van der Waals surface area contributed by atoms with Crippen LogP contribution in [0.4, 0.5) is 0 Å². The molecule has 30 heavy (non-hydrogen) atoms. The topological polar surface area (TPSA) is 166 Å². The highest BCUT2D eigenvalue weighted by Gasteiger charge is 2.28. The Labute approximate surface area is 172 Å². The molecule has 11 heteroatoms. The average Bonchev–Trinajstić information content (AvgIpc) is 2.72. The molecule has 3 N–H and O–H groups in total. The van der Waals surface area contributed by atoms with Gasteiger partial charge in [0.2, 0.25) is 0 Å². The van der Waals surface area contributed by atoms with E-state index in [9.17, 15) is 29.4 Å². The van der Waals surface area contributed by atoms with Crippen LogP contribution in [0.3, 0.4) is 0 Å². The highest BCUT2D eigenvalue weighted by molar-refractivity contribution is 6.10. The van der Waals surface area contributed by atoms with Gasteiger partial charge in [0.1, 0.15) is 19.8 Å². The van der Waals surface area contributed by atoms with E-state index in [0.29, 0.717) is 0 Å². The smallest absolute Gasteiger partial charge is 0.339 e. The standard InChI is InChI=1S/C19H24O11/c1-10(21)8-29-18(25)13-7-14(17(24)28-5-4-20)15(6-12(13)16(23)27-3)19(26)30-9-11(2)22/h6-7,10-11,20-22H,4-5,8-9H2,1-3H3. The number of carbonyl (C=O) groups is 4. The summed E-state index contributed by atoms with van der Waals surface area (Å²) in [5.41, 5.74) is -1.66. The number of aliphatic hydroxyl groups is 3. The molecule has 11 nitrogen and oxygen atoms in total. The summed E-state index contributed by atoms with van der Waals surface area (Å²) in [4.78, 5) is 49.3. The Morgan fingerprint density at radius 2 is 1.13 bits per heavy atom. The van der Waals surface area contributed by atoms with E-state index in [1.54, 1.807) is 0 Å². The van der Waals surface area contributed by atoms with Gasteiger partial charge in [0.25, 0.3) is 0 Å². The van der Waals surface area contributed by atoms with Crippen LogP contribution >= 0.6 is 0 Å². The molecule has 0 spiro atoms. The first kappa shape index (κ1) is 25.0. The lowest BCUT2D eigenvalue weighted by atomic mass is 9.98. The molecule has 0 saturated heterocycles. The fourth-order valence-corrected chi connectivity index (χ4v) is 2.15. The zero-order valence-corrected chi connectivity index (χ0v) is 16.7. The Kier molecular flexibility index (Phi) is 9.89. The molecule has 0 aliphatic carbocycles. The molecule has 0 heterocycles. The number of rotatable bonds is 10. The van der Waals surface area contributed by atoms with Crippen LogP contribution in [0.5, 0.6) is 0 Å². The largest absolute Gasteiger partial charge is 0.465 e. The molecule has 1 aromatic carbocycles. The van der Waals surface area contributed by atoms with E-state index in [4.69, 9.17) is 19.3 Å². The lowest BCUT2D eigenvalue weighted by molar-refractivity contribution is 0.0277. The molecule has 0 saturated carbocycles. The Morgan fingerprint density at radius 1 is 0.767 bits per heavy atom. The number of methoxy groups -OCH3 is 1. The lowest BCUT2D eigenvalue weighted by Crippen LogP contribution is -2.23. The molecule has 0 fully saturated rings. The Balaban J connectivity index is 3.53. The minimum Gasteiger partial charge on any atom is -0.465 e. The first-order valence-corrected chi connectivity index (χ1v) is 8.87. The van der Waals surface area contributed by atoms with Crippen LogP contribution < -0.4 is 0 Å². The van der Waals surface area contributed by atoms with Crippen molar-refractivity contribution in [3.8, 4) is 0 Å². The number of ether oxygens (including phenoxy) is 4. The number of carbonyl (C=O) groups excluding carboxylic acids is 4. The predicted octanol–water partition coefficient (Wildman–Crippen LogP) is -0.302. The van der Waals surface area contributed by atoms with Crippen molar-refractivity contribution < 1.29 is 53.4 Å². The fraction of sp³-hybridized carbons (Fsp3) is 0.474. The second kappa shape index (κ2) is 11.9. The molecule has 1 aromatic rings. The van der Waals surface area contributed by atoms with Crippen LogP contribution in [0.1, 0.15) is 55.3 Å². The van der Waals surface area contributed by atoms with E-state index >= 15 is 0 Å². The summed E-state index contributed by atoms with van der Waals surface area (Å²) in [5.74, 6) is -4.20. The van der Waals surface area contributed by atoms with Gasteiger partial charge in [-0.15, -0.1) is 0 Å². The fourth-order valence-electron chi connectivity index (χ4n) is 2.15. The summed E-state index contributed by atoms with van der Waals surface area (Å²) in [6.45, 7) is 1.08. The van der Waals surface area contributed by atoms with Crippen LogP contribution in [0.15, 0.2) is 12.1 Å². The molecule has 0 aliphatic rings. The third-order valence-corrected chi connectivity index (χ3v) is 3.46. The van der Waals surface area contributed by atoms with Gasteiger partial charge in [-0.1, -0.05) is 0 Å². The number of esters is 4. The first-order chi connectivity index (χ1) is 14.1. The van der Waals surface area contributed by atoms with Crippen molar-refractivity contribution >= 4 is 23.9 Å². The van der Waals surface area contributed by atoms with E-state index in [1.807, 2.05) is 0 Å². The zero-order chi connectivity index (χ0) is 22.8. The van der Waals surface area contributed by atoms with Crippen LogP contribution in [-0.4, -0.2) is 84.9 Å². The Bertz CT molecular complexity index is 783. The molecular weight excluding hydrogens is 404 g/mol. The Hall–Kier alpha value is -3.02. The van der Waals surface area contributed by atoms with E-state index in [2.05, 4.69) is 4.74 Å². The minimum absolute atomic E-state index is 0.387. The van der Waals surface area contributed by atoms with Gasteiger partial charge in [-0.25, -0.2) is 19.2 Å². The van der Waals surface area contributed by atoms with Gasteiger partial charge in [-0.3, -0.25) is 0 Å². The Morgan fingerprint density at radius 3 is 1.47 bits per heavy atom. The predicted molar refractivity (Wildman–Crippen MR) is 99.1 cm³/mol. The monoisotopic (exact) mass is 428 g/mol. The summed E-state index contributed by atoms with van der Waals surface area (Å²) in [6.07, 6.45) is -1.98. The van der Waals surface area contributed by atoms with E-state index in [1.165, 1.54) is 13.8 Å². The van der Waals surface area contributed by atoms with Crippen LogP contribution in [-0.2, 0) is 18.9 Å². The van der Waals surface area contributed by atoms with E-state index in [0.717, 1.165) is 19.2 Å². The van der Waals surface area contributed by atoms with Gasteiger partial charge in [0.15, 0.2) is 0 Å². The van der Waals surface area contributed by atoms with Crippen LogP contribution in [0, 0.1) is 0 Å². The van der Waals surface area contributed by atoms with E-state index < -0.39 is 71.6 Å². The second-order valence-corrected chi connectivity index (χ2v) is 6.19. The van der Waals surface area contributed by atoms with Crippen molar-refractivity contribution in [2.75, 3.05) is 33.5 Å². The quantitative estimate of drug-likeness (QED) is 0.331. The maximum atomic E-state index is 12.4. The number of hydrogen-bond acceptors (Lipinski definition) is 11. The molecule has 166 valence electrons. The molecule has 0 amide bonds. The number of benzene rings is 1. The molecule has 0 radical (unpaired) electrons. The summed E-state index contributed by atoms with van der Waals surface area (Å²) < 4.78 is 19.2. The molecular formula is C19H24O11. The lowest BCUT2D eigenvalue weighted by Gasteiger charge is -2.15. The molecule has 0 bridgehead atoms. The van der Waals surface area contributed by atoms with Gasteiger partial charge in [0.05, 0.1) is 48.2 Å². The molecule has 1 rings (SSSR count). The van der Waals surface area contributed by atoms with Gasteiger partial charge in [0, 0.05) is 0 Å². The van der Waals surface area contributed by atoms with Crippen molar-refractivity contribution in [2.45, 2.75) is 26.1 Å². The molecule has 2 unspecified atom stereocenters. The highest BCUT2D eigenvalue weighted by atomic mass is 16.6. The summed E-state index contributed by atoms with van der Waals surface area (Å²) in [5, 5.41) is 27.4. The third kappa shape index (κ3) is 7.10. The maximum absolute atomic E-state index is 12.4. The van der Waals surface area contributed by atoms with Gasteiger partial charge >= 0.3 is 23.9 Å². The van der Waals surface area contributed by atoms with Crippen molar-refractivity contribution in [1.29, 1.82) is 0 Å². The van der Waals surface area contributed by atoms with Crippen LogP contribution in [0.25, 0.3) is 0 Å². The second-order valence-electron chi connectivity index (χ2n) is 6.19. The normalized spacial score (nSPS) is 12.5. The van der Waals surface area contributed by atoms with E-state index in [-0.39, 0.29) is 13.2 Å². The van der Waals surface area contributed by atoms with Crippen molar-refractivity contribution in [3.63, 3.8) is 0 Å². The molecule has 2 atom stereocenters. The number of hydrogen-bond donors (Lipinski definition) is 3. The summed E-state index contributed by atoms with van der Waals surface area (Å²) in [6, 6.07) is 1.81.